The van der Waals surface area contributed by atoms with Crippen LogP contribution >= 0.6 is 35.7 Å². The lowest BCUT2D eigenvalue weighted by molar-refractivity contribution is 0.355. The summed E-state index contributed by atoms with van der Waals surface area (Å²) in [6.45, 7) is 5.24. The van der Waals surface area contributed by atoms with Crippen LogP contribution in [0.15, 0.2) is 29.3 Å². The van der Waals surface area contributed by atoms with Crippen molar-refractivity contribution < 1.29 is 0 Å². The monoisotopic (exact) mass is 417 g/mol. The lowest BCUT2D eigenvalue weighted by Crippen LogP contribution is -2.43. The summed E-state index contributed by atoms with van der Waals surface area (Å²) in [6, 6.07) is 8.76. The molecule has 0 spiro atoms. The molecule has 3 nitrogen and oxygen atoms in total. The summed E-state index contributed by atoms with van der Waals surface area (Å²) in [5.41, 5.74) is 9.36. The van der Waals surface area contributed by atoms with Crippen LogP contribution in [-0.4, -0.2) is 42.0 Å². The minimum atomic E-state index is 0. The van der Waals surface area contributed by atoms with Crippen molar-refractivity contribution in [2.45, 2.75) is 19.8 Å². The van der Waals surface area contributed by atoms with Gasteiger partial charge in [-0.25, -0.2) is 0 Å². The first kappa shape index (κ1) is 16.9. The fourth-order valence-electron chi connectivity index (χ4n) is 3.16. The Labute approximate surface area is 148 Å². The first-order valence-electron chi connectivity index (χ1n) is 7.36. The minimum Gasteiger partial charge on any atom is -0.370 e. The van der Waals surface area contributed by atoms with Crippen LogP contribution in [-0.2, 0) is 12.8 Å². The molecule has 3 rings (SSSR count). The molecule has 1 aromatic rings. The van der Waals surface area contributed by atoms with E-state index < -0.39 is 0 Å². The molecule has 1 saturated heterocycles. The number of nitrogens with two attached hydrogens (primary N) is 1. The van der Waals surface area contributed by atoms with Gasteiger partial charge >= 0.3 is 0 Å². The molecular formula is C16H24IN3S. The zero-order valence-corrected chi connectivity index (χ0v) is 15.7. The first-order chi connectivity index (χ1) is 9.66. The zero-order valence-electron chi connectivity index (χ0n) is 12.5. The van der Waals surface area contributed by atoms with Gasteiger partial charge in [0.05, 0.1) is 0 Å². The predicted molar refractivity (Wildman–Crippen MR) is 103 cm³/mol. The Bertz CT molecular complexity index is 487. The van der Waals surface area contributed by atoms with Gasteiger partial charge in [-0.2, -0.15) is 11.8 Å². The van der Waals surface area contributed by atoms with Crippen molar-refractivity contribution in [3.05, 3.63) is 35.4 Å². The Kier molecular flexibility index (Phi) is 5.82. The summed E-state index contributed by atoms with van der Waals surface area (Å²) in [5.74, 6) is 3.07. The van der Waals surface area contributed by atoms with E-state index in [4.69, 9.17) is 10.7 Å². The van der Waals surface area contributed by atoms with Crippen molar-refractivity contribution in [3.8, 4) is 0 Å². The summed E-state index contributed by atoms with van der Waals surface area (Å²) < 4.78 is 0. The number of hydrogen-bond donors (Lipinski definition) is 1. The first-order valence-corrected chi connectivity index (χ1v) is 8.51. The number of guanidine groups is 1. The number of rotatable bonds is 2. The second-order valence-electron chi connectivity index (χ2n) is 6.21. The summed E-state index contributed by atoms with van der Waals surface area (Å²) in [5, 5.41) is 0. The lowest BCUT2D eigenvalue weighted by Gasteiger charge is -2.28. The Hall–Kier alpha value is -0.430. The molecule has 0 saturated carbocycles. The van der Waals surface area contributed by atoms with Crippen molar-refractivity contribution in [3.63, 3.8) is 0 Å². The fourth-order valence-corrected chi connectivity index (χ4v) is 4.06. The van der Waals surface area contributed by atoms with Crippen molar-refractivity contribution in [1.29, 1.82) is 0 Å². The molecule has 1 fully saturated rings. The largest absolute Gasteiger partial charge is 0.370 e. The van der Waals surface area contributed by atoms with Crippen LogP contribution in [0.4, 0.5) is 0 Å². The third-order valence-electron chi connectivity index (χ3n) is 4.31. The molecule has 1 aromatic carbocycles. The maximum absolute atomic E-state index is 6.16. The number of hydrogen-bond acceptors (Lipinski definition) is 2. The molecule has 2 aliphatic rings. The molecule has 2 N–H and O–H groups in total. The van der Waals surface area contributed by atoms with E-state index in [0.717, 1.165) is 38.4 Å². The Morgan fingerprint density at radius 1 is 1.24 bits per heavy atom. The van der Waals surface area contributed by atoms with E-state index in [1.165, 1.54) is 22.6 Å². The molecule has 116 valence electrons. The standard InChI is InChI=1S/C16H23N3S.HI/c1-16(10-13-4-2-3-5-14(13)11-16)12-18-15(17)19-6-8-20-9-7-19;/h2-5H,6-12H2,1H3,(H2,17,18);1H. The maximum atomic E-state index is 6.16. The quantitative estimate of drug-likeness (QED) is 0.457. The average Bonchev–Trinajstić information content (AvgIpc) is 2.82. The van der Waals surface area contributed by atoms with Gasteiger partial charge in [0.2, 0.25) is 0 Å². The number of thioether (sulfide) groups is 1. The highest BCUT2D eigenvalue weighted by Crippen LogP contribution is 2.36. The van der Waals surface area contributed by atoms with E-state index in [1.54, 1.807) is 0 Å². The van der Waals surface area contributed by atoms with E-state index >= 15 is 0 Å². The number of halogens is 1. The van der Waals surface area contributed by atoms with E-state index in [2.05, 4.69) is 36.1 Å². The molecule has 1 aliphatic carbocycles. The van der Waals surface area contributed by atoms with Gasteiger partial charge in [0.15, 0.2) is 5.96 Å². The van der Waals surface area contributed by atoms with Crippen molar-refractivity contribution in [2.75, 3.05) is 31.1 Å². The number of aliphatic imine (C=N–C) groups is 1. The van der Waals surface area contributed by atoms with Gasteiger partial charge in [0.25, 0.3) is 0 Å². The van der Waals surface area contributed by atoms with Gasteiger partial charge in [-0.05, 0) is 29.4 Å². The highest BCUT2D eigenvalue weighted by atomic mass is 127. The SMILES string of the molecule is CC1(CN=C(N)N2CCSCC2)Cc2ccccc2C1.I. The molecule has 0 bridgehead atoms. The summed E-state index contributed by atoms with van der Waals surface area (Å²) >= 11 is 2.00. The van der Waals surface area contributed by atoms with Gasteiger partial charge in [-0.15, -0.1) is 24.0 Å². The van der Waals surface area contributed by atoms with Crippen molar-refractivity contribution >= 4 is 41.7 Å². The van der Waals surface area contributed by atoms with Crippen LogP contribution in [0.2, 0.25) is 0 Å². The number of fused-ring (bicyclic) bond motifs is 1. The van der Waals surface area contributed by atoms with Gasteiger partial charge in [-0.3, -0.25) is 4.99 Å². The second kappa shape index (κ2) is 7.22. The van der Waals surface area contributed by atoms with Crippen LogP contribution in [0, 0.1) is 5.41 Å². The molecule has 0 atom stereocenters. The van der Waals surface area contributed by atoms with Crippen molar-refractivity contribution in [2.24, 2.45) is 16.1 Å². The Balaban J connectivity index is 0.00000161. The highest BCUT2D eigenvalue weighted by Gasteiger charge is 2.32. The van der Waals surface area contributed by atoms with Crippen LogP contribution < -0.4 is 5.73 Å². The smallest absolute Gasteiger partial charge is 0.191 e. The molecule has 1 heterocycles. The van der Waals surface area contributed by atoms with Gasteiger partial charge < -0.3 is 10.6 Å². The molecule has 21 heavy (non-hydrogen) atoms. The average molecular weight is 417 g/mol. The molecule has 0 amide bonds. The van der Waals surface area contributed by atoms with Crippen molar-refractivity contribution in [1.82, 2.24) is 4.90 Å². The molecule has 0 radical (unpaired) electrons. The van der Waals surface area contributed by atoms with Gasteiger partial charge in [-0.1, -0.05) is 31.2 Å². The third kappa shape index (κ3) is 4.06. The zero-order chi connectivity index (χ0) is 14.0. The Morgan fingerprint density at radius 3 is 2.38 bits per heavy atom. The Morgan fingerprint density at radius 2 is 1.81 bits per heavy atom. The van der Waals surface area contributed by atoms with Crippen LogP contribution in [0.1, 0.15) is 18.1 Å². The third-order valence-corrected chi connectivity index (χ3v) is 5.25. The summed E-state index contributed by atoms with van der Waals surface area (Å²) in [4.78, 5) is 6.92. The predicted octanol–water partition coefficient (Wildman–Crippen LogP) is 2.77. The summed E-state index contributed by atoms with van der Waals surface area (Å²) in [6.07, 6.45) is 2.24. The van der Waals surface area contributed by atoms with E-state index in [1.807, 2.05) is 11.8 Å². The topological polar surface area (TPSA) is 41.6 Å². The number of benzene rings is 1. The molecular weight excluding hydrogens is 393 g/mol. The minimum absolute atomic E-state index is 0. The van der Waals surface area contributed by atoms with Crippen LogP contribution in [0.25, 0.3) is 0 Å². The summed E-state index contributed by atoms with van der Waals surface area (Å²) in [7, 11) is 0. The normalized spacial score (nSPS) is 20.8. The molecule has 1 aliphatic heterocycles. The fraction of sp³-hybridized carbons (Fsp3) is 0.562. The second-order valence-corrected chi connectivity index (χ2v) is 7.43. The highest BCUT2D eigenvalue weighted by molar-refractivity contribution is 14.0. The van der Waals surface area contributed by atoms with Gasteiger partial charge in [0.1, 0.15) is 0 Å². The molecule has 0 unspecified atom stereocenters. The van der Waals surface area contributed by atoms with Crippen LogP contribution in [0.5, 0.6) is 0 Å². The van der Waals surface area contributed by atoms with E-state index in [-0.39, 0.29) is 29.4 Å². The van der Waals surface area contributed by atoms with Gasteiger partial charge in [0, 0.05) is 31.1 Å². The molecule has 5 heteroatoms. The van der Waals surface area contributed by atoms with E-state index in [9.17, 15) is 0 Å². The maximum Gasteiger partial charge on any atom is 0.191 e. The van der Waals surface area contributed by atoms with Crippen LogP contribution in [0.3, 0.4) is 0 Å². The lowest BCUT2D eigenvalue weighted by atomic mass is 9.87. The number of nitrogens with zero attached hydrogens (tertiary/aromatic N) is 2. The van der Waals surface area contributed by atoms with E-state index in [0.29, 0.717) is 0 Å². The molecule has 0 aromatic heterocycles.